The Hall–Kier alpha value is -6.58. The van der Waals surface area contributed by atoms with E-state index in [0.29, 0.717) is 98.6 Å². The molecule has 0 saturated carbocycles. The van der Waals surface area contributed by atoms with Crippen LogP contribution in [0.15, 0.2) is 91.1 Å². The highest BCUT2D eigenvalue weighted by atomic mass is 35.5. The van der Waals surface area contributed by atoms with E-state index in [-0.39, 0.29) is 23.8 Å². The summed E-state index contributed by atoms with van der Waals surface area (Å²) in [6.45, 7) is 10.6. The maximum absolute atomic E-state index is 12.8. The predicted octanol–water partition coefficient (Wildman–Crippen LogP) is 8.22. The third kappa shape index (κ3) is 9.52. The van der Waals surface area contributed by atoms with E-state index in [1.807, 2.05) is 66.4 Å². The van der Waals surface area contributed by atoms with Gasteiger partial charge < -0.3 is 29.7 Å². The molecule has 0 aliphatic carbocycles. The maximum Gasteiger partial charge on any atom is 0.290 e. The molecule has 0 radical (unpaired) electrons. The summed E-state index contributed by atoms with van der Waals surface area (Å²) in [4.78, 5) is 74.2. The van der Waals surface area contributed by atoms with Crippen LogP contribution < -0.4 is 10.7 Å². The first-order valence-electron chi connectivity index (χ1n) is 21.6. The van der Waals surface area contributed by atoms with Gasteiger partial charge in [-0.25, -0.2) is 19.9 Å². The van der Waals surface area contributed by atoms with E-state index in [4.69, 9.17) is 46.4 Å². The van der Waals surface area contributed by atoms with Gasteiger partial charge in [0.15, 0.2) is 17.5 Å². The summed E-state index contributed by atoms with van der Waals surface area (Å²) in [6.07, 6.45) is 4.10. The zero-order valence-electron chi connectivity index (χ0n) is 36.4. The number of hydrogen-bond donors (Lipinski definition) is 3. The standard InChI is InChI=1S/C17H18ClN3O.C16H12Cl2N4O.C16H13ClN4O/c1-10(18)15-11(2)19-16(20-15)17(22)21-9-8-13-6-4-5-7-14(13)12(21)3;17-10-2-1-3-12-14(10)21-15(20-12)16(23)22-7-6-11-9(8-22)4-5-13(18)19-11;17-11-4-1-5-13-14(11)20-15(19-13)16(22)21-8-6-12-10(9-21)3-2-7-18-12/h4-7,12H,2,8-9H2,1,3H3,(H,19,20);1-5H,6-8H2,(H,20,21);1-5,7H,6,8-9H2,(H,19,20)/b15-10-;;. The number of amides is 3. The van der Waals surface area contributed by atoms with Gasteiger partial charge >= 0.3 is 0 Å². The summed E-state index contributed by atoms with van der Waals surface area (Å²) in [5, 5.41) is 3.20. The van der Waals surface area contributed by atoms with Crippen molar-refractivity contribution in [1.29, 1.82) is 0 Å². The van der Waals surface area contributed by atoms with Gasteiger partial charge in [0.2, 0.25) is 0 Å². The summed E-state index contributed by atoms with van der Waals surface area (Å²) >= 11 is 24.1. The molecule has 18 heteroatoms. The number of carbonyl (C=O) groups is 3. The van der Waals surface area contributed by atoms with Crippen molar-refractivity contribution in [3.63, 3.8) is 0 Å². The Kier molecular flexibility index (Phi) is 13.1. The van der Waals surface area contributed by atoms with Crippen LogP contribution in [0.25, 0.3) is 33.7 Å². The number of imidazole rings is 3. The van der Waals surface area contributed by atoms with Gasteiger partial charge in [0, 0.05) is 68.2 Å². The summed E-state index contributed by atoms with van der Waals surface area (Å²) in [5.41, 5.74) is 9.41. The lowest BCUT2D eigenvalue weighted by molar-refractivity contribution is 0.0664. The van der Waals surface area contributed by atoms with Crippen molar-refractivity contribution in [3.05, 3.63) is 168 Å². The number of benzene rings is 3. The first-order chi connectivity index (χ1) is 32.3. The van der Waals surface area contributed by atoms with Crippen LogP contribution in [-0.4, -0.2) is 91.9 Å². The van der Waals surface area contributed by atoms with Crippen molar-refractivity contribution in [2.75, 3.05) is 19.6 Å². The van der Waals surface area contributed by atoms with Crippen LogP contribution in [0.1, 0.15) is 85.4 Å². The van der Waals surface area contributed by atoms with Crippen molar-refractivity contribution < 1.29 is 14.4 Å². The number of nitrogens with zero attached hydrogens (tertiary/aromatic N) is 8. The molecule has 3 amide bonds. The quantitative estimate of drug-likeness (QED) is 0.149. The fourth-order valence-electron chi connectivity index (χ4n) is 8.58. The fraction of sp³-hybridized carbons (Fsp3) is 0.224. The van der Waals surface area contributed by atoms with Crippen molar-refractivity contribution in [1.82, 2.24) is 54.6 Å². The van der Waals surface area contributed by atoms with Crippen LogP contribution in [-0.2, 0) is 32.4 Å². The van der Waals surface area contributed by atoms with E-state index >= 15 is 0 Å². The first-order valence-corrected chi connectivity index (χ1v) is 23.1. The van der Waals surface area contributed by atoms with Crippen LogP contribution in [0.5, 0.6) is 0 Å². The number of halogens is 4. The molecule has 0 fully saturated rings. The molecule has 0 bridgehead atoms. The Labute approximate surface area is 404 Å². The van der Waals surface area contributed by atoms with Gasteiger partial charge in [-0.15, -0.1) is 0 Å². The van der Waals surface area contributed by atoms with Gasteiger partial charge in [-0.3, -0.25) is 19.4 Å². The summed E-state index contributed by atoms with van der Waals surface area (Å²) in [6, 6.07) is 26.7. The van der Waals surface area contributed by atoms with E-state index in [1.165, 1.54) is 11.1 Å². The van der Waals surface area contributed by atoms with Gasteiger partial charge in [-0.2, -0.15) is 0 Å². The molecule has 14 nitrogen and oxygen atoms in total. The van der Waals surface area contributed by atoms with Crippen molar-refractivity contribution in [2.45, 2.75) is 52.2 Å². The smallest absolute Gasteiger partial charge is 0.290 e. The summed E-state index contributed by atoms with van der Waals surface area (Å²) < 4.78 is 0. The number of hydrogen-bond acceptors (Lipinski definition) is 8. The zero-order chi connectivity index (χ0) is 46.9. The van der Waals surface area contributed by atoms with E-state index < -0.39 is 0 Å². The lowest BCUT2D eigenvalue weighted by Gasteiger charge is -2.34. The summed E-state index contributed by atoms with van der Waals surface area (Å²) in [7, 11) is 0. The van der Waals surface area contributed by atoms with Crippen LogP contribution >= 0.6 is 46.4 Å². The number of pyridine rings is 2. The second-order valence-corrected chi connectivity index (χ2v) is 18.1. The zero-order valence-corrected chi connectivity index (χ0v) is 39.4. The molecule has 3 N–H and O–H groups in total. The Bertz CT molecular complexity index is 3330. The molecular weight excluding hydrogens is 932 g/mol. The maximum atomic E-state index is 12.8. The molecule has 3 aromatic carbocycles. The third-order valence-electron chi connectivity index (χ3n) is 12.0. The minimum absolute atomic E-state index is 0.0281. The number of aromatic amines is 3. The molecule has 0 spiro atoms. The molecule has 5 aromatic heterocycles. The van der Waals surface area contributed by atoms with E-state index in [1.54, 1.807) is 41.1 Å². The monoisotopic (exact) mass is 973 g/mol. The molecule has 1 unspecified atom stereocenters. The molecule has 0 saturated heterocycles. The summed E-state index contributed by atoms with van der Waals surface area (Å²) in [5.74, 6) is 0.566. The topological polar surface area (TPSA) is 173 Å². The lowest BCUT2D eigenvalue weighted by Crippen LogP contribution is -2.39. The fourth-order valence-corrected chi connectivity index (χ4v) is 9.33. The number of aromatic nitrogens is 8. The van der Waals surface area contributed by atoms with Crippen LogP contribution in [0, 0.1) is 0 Å². The third-order valence-corrected chi connectivity index (χ3v) is 13.0. The normalized spacial score (nSPS) is 15.7. The molecule has 3 aliphatic rings. The minimum atomic E-state index is -0.141. The predicted molar refractivity (Wildman–Crippen MR) is 260 cm³/mol. The van der Waals surface area contributed by atoms with E-state index in [0.717, 1.165) is 46.4 Å². The molecule has 67 heavy (non-hydrogen) atoms. The Morgan fingerprint density at radius 2 is 1.21 bits per heavy atom. The van der Waals surface area contributed by atoms with Gasteiger partial charge in [-0.1, -0.05) is 102 Å². The highest BCUT2D eigenvalue weighted by Gasteiger charge is 2.30. The Morgan fingerprint density at radius 1 is 0.627 bits per heavy atom. The molecule has 8 heterocycles. The molecular formula is C49H43Cl4N11O3. The van der Waals surface area contributed by atoms with Crippen LogP contribution in [0.3, 0.4) is 0 Å². The molecule has 1 atom stereocenters. The van der Waals surface area contributed by atoms with E-state index in [9.17, 15) is 14.4 Å². The second-order valence-electron chi connectivity index (χ2n) is 16.3. The van der Waals surface area contributed by atoms with Gasteiger partial charge in [-0.05, 0) is 78.9 Å². The van der Waals surface area contributed by atoms with Gasteiger partial charge in [0.05, 0.1) is 32.5 Å². The number of rotatable bonds is 3. The van der Waals surface area contributed by atoms with Gasteiger partial charge in [0.25, 0.3) is 17.7 Å². The Morgan fingerprint density at radius 3 is 1.82 bits per heavy atom. The van der Waals surface area contributed by atoms with Crippen molar-refractivity contribution in [3.8, 4) is 0 Å². The van der Waals surface area contributed by atoms with Gasteiger partial charge in [0.1, 0.15) is 21.5 Å². The Balaban J connectivity index is 0.000000126. The minimum Gasteiger partial charge on any atom is -0.334 e. The number of para-hydroxylation sites is 2. The van der Waals surface area contributed by atoms with Crippen LogP contribution in [0.4, 0.5) is 0 Å². The molecule has 340 valence electrons. The van der Waals surface area contributed by atoms with Crippen LogP contribution in [0.2, 0.25) is 15.2 Å². The van der Waals surface area contributed by atoms with E-state index in [2.05, 4.69) is 58.6 Å². The average molecular weight is 976 g/mol. The van der Waals surface area contributed by atoms with Crippen molar-refractivity contribution in [2.24, 2.45) is 0 Å². The largest absolute Gasteiger partial charge is 0.334 e. The highest BCUT2D eigenvalue weighted by Crippen LogP contribution is 2.30. The highest BCUT2D eigenvalue weighted by molar-refractivity contribution is 6.44. The SMILES string of the molecule is C=c1[nH]c(C(=O)N2CCc3ccccc3C2C)n/c1=C(/C)Cl.O=C(c1nc2c(Cl)cccc2[nH]1)N1CCc2nc(Cl)ccc2C1.O=C(c1nc2c(Cl)cccc2[nH]1)N1CCc2ncccc2C1. The first kappa shape index (κ1) is 45.6. The number of nitrogens with one attached hydrogen (secondary N) is 3. The average Bonchev–Trinajstić information content (AvgIpc) is 4.10. The van der Waals surface area contributed by atoms with Crippen molar-refractivity contribution >= 4 is 97.8 Å². The lowest BCUT2D eigenvalue weighted by atomic mass is 9.93. The second kappa shape index (κ2) is 19.3. The molecule has 3 aliphatic heterocycles. The molecule has 8 aromatic rings. The number of H-pyrrole nitrogens is 3. The molecule has 11 rings (SSSR count). The number of carbonyl (C=O) groups excluding carboxylic acids is 3. The number of fused-ring (bicyclic) bond motifs is 5.